The molecule has 2 aliphatic rings. The lowest BCUT2D eigenvalue weighted by molar-refractivity contribution is -0.121. The van der Waals surface area contributed by atoms with Crippen LogP contribution in [0.3, 0.4) is 0 Å². The van der Waals surface area contributed by atoms with E-state index in [-0.39, 0.29) is 5.91 Å². The van der Waals surface area contributed by atoms with Crippen LogP contribution < -0.4 is 11.1 Å². The van der Waals surface area contributed by atoms with Gasteiger partial charge in [-0.1, -0.05) is 42.5 Å². The highest BCUT2D eigenvalue weighted by atomic mass is 16.1. The van der Waals surface area contributed by atoms with Crippen LogP contribution >= 0.6 is 0 Å². The molecule has 4 rings (SSSR count). The number of nitrogens with zero attached hydrogens (tertiary/aromatic N) is 1. The first-order chi connectivity index (χ1) is 12.7. The van der Waals surface area contributed by atoms with E-state index < -0.39 is 0 Å². The third kappa shape index (κ3) is 3.91. The third-order valence-corrected chi connectivity index (χ3v) is 5.80. The number of carbonyl (C=O) groups is 1. The lowest BCUT2D eigenvalue weighted by atomic mass is 9.96. The third-order valence-electron chi connectivity index (χ3n) is 5.80. The first-order valence-electron chi connectivity index (χ1n) is 9.61. The number of nitrogens with two attached hydrogens (primary N) is 1. The van der Waals surface area contributed by atoms with Crippen molar-refractivity contribution in [2.45, 2.75) is 56.8 Å². The molecule has 0 aromatic heterocycles. The summed E-state index contributed by atoms with van der Waals surface area (Å²) < 4.78 is 0. The van der Waals surface area contributed by atoms with Crippen LogP contribution in [-0.4, -0.2) is 28.9 Å². The number of fused-ring (bicyclic) bond motifs is 2. The fourth-order valence-electron chi connectivity index (χ4n) is 4.54. The molecule has 2 fully saturated rings. The Bertz CT molecular complexity index is 730. The molecule has 0 radical (unpaired) electrons. The lowest BCUT2D eigenvalue weighted by Gasteiger charge is -2.39. The molecule has 2 aromatic rings. The predicted molar refractivity (Wildman–Crippen MR) is 105 cm³/mol. The molecule has 26 heavy (non-hydrogen) atoms. The maximum Gasteiger partial charge on any atom is 0.224 e. The molecule has 2 aromatic carbocycles. The number of hydrogen-bond acceptors (Lipinski definition) is 3. The molecule has 2 heterocycles. The Labute approximate surface area is 155 Å². The normalized spacial score (nSPS) is 25.2. The maximum absolute atomic E-state index is 12.4. The molecule has 0 saturated carbocycles. The molecule has 4 heteroatoms. The van der Waals surface area contributed by atoms with Gasteiger partial charge in [-0.15, -0.1) is 0 Å². The summed E-state index contributed by atoms with van der Waals surface area (Å²) in [5, 5.41) is 3.27. The number of piperidine rings is 1. The Kier molecular flexibility index (Phi) is 4.93. The number of benzene rings is 2. The van der Waals surface area contributed by atoms with Crippen LogP contribution in [0.5, 0.6) is 0 Å². The van der Waals surface area contributed by atoms with Gasteiger partial charge >= 0.3 is 0 Å². The highest BCUT2D eigenvalue weighted by Crippen LogP contribution is 2.36. The molecule has 1 amide bonds. The van der Waals surface area contributed by atoms with Crippen LogP contribution in [0.1, 0.15) is 36.8 Å². The van der Waals surface area contributed by atoms with Gasteiger partial charge in [0.1, 0.15) is 0 Å². The highest BCUT2D eigenvalue weighted by Gasteiger charge is 2.40. The summed E-state index contributed by atoms with van der Waals surface area (Å²) in [4.78, 5) is 15.1. The van der Waals surface area contributed by atoms with Gasteiger partial charge in [0, 0.05) is 30.4 Å². The van der Waals surface area contributed by atoms with E-state index in [9.17, 15) is 4.79 Å². The van der Waals surface area contributed by atoms with E-state index in [1.807, 2.05) is 24.3 Å². The lowest BCUT2D eigenvalue weighted by Crippen LogP contribution is -2.50. The molecule has 2 aliphatic heterocycles. The minimum Gasteiger partial charge on any atom is -0.399 e. The minimum atomic E-state index is 0.121. The van der Waals surface area contributed by atoms with Gasteiger partial charge in [0.05, 0.1) is 6.42 Å². The van der Waals surface area contributed by atoms with Gasteiger partial charge in [0.2, 0.25) is 5.91 Å². The summed E-state index contributed by atoms with van der Waals surface area (Å²) in [6, 6.07) is 19.8. The molecular formula is C22H27N3O. The zero-order chi connectivity index (χ0) is 17.9. The van der Waals surface area contributed by atoms with E-state index >= 15 is 0 Å². The van der Waals surface area contributed by atoms with Crippen molar-refractivity contribution < 1.29 is 4.79 Å². The predicted octanol–water partition coefficient (Wildman–Crippen LogP) is 3.12. The van der Waals surface area contributed by atoms with Crippen molar-refractivity contribution in [3.63, 3.8) is 0 Å². The van der Waals surface area contributed by atoms with E-state index in [0.717, 1.165) is 30.6 Å². The molecule has 0 spiro atoms. The van der Waals surface area contributed by atoms with E-state index in [1.54, 1.807) is 0 Å². The quantitative estimate of drug-likeness (QED) is 0.816. The fourth-order valence-corrected chi connectivity index (χ4v) is 4.54. The Morgan fingerprint density at radius 3 is 2.27 bits per heavy atom. The second-order valence-electron chi connectivity index (χ2n) is 7.70. The SMILES string of the molecule is Nc1ccc(CC(=O)NC2CC3CCC(C2)N3Cc2ccccc2)cc1. The Hall–Kier alpha value is -2.33. The van der Waals surface area contributed by atoms with E-state index in [2.05, 4.69) is 40.5 Å². The first-order valence-corrected chi connectivity index (χ1v) is 9.61. The number of nitrogen functional groups attached to an aromatic ring is 1. The van der Waals surface area contributed by atoms with Gasteiger partial charge in [0.15, 0.2) is 0 Å². The zero-order valence-electron chi connectivity index (χ0n) is 15.1. The van der Waals surface area contributed by atoms with Crippen molar-refractivity contribution in [3.05, 3.63) is 65.7 Å². The molecule has 2 saturated heterocycles. The monoisotopic (exact) mass is 349 g/mol. The largest absolute Gasteiger partial charge is 0.399 e. The van der Waals surface area contributed by atoms with E-state index in [4.69, 9.17) is 5.73 Å². The molecule has 4 nitrogen and oxygen atoms in total. The van der Waals surface area contributed by atoms with Crippen molar-refractivity contribution in [2.24, 2.45) is 0 Å². The minimum absolute atomic E-state index is 0.121. The second-order valence-corrected chi connectivity index (χ2v) is 7.70. The van der Waals surface area contributed by atoms with Crippen LogP contribution in [0, 0.1) is 0 Å². The van der Waals surface area contributed by atoms with Gasteiger partial charge in [-0.2, -0.15) is 0 Å². The van der Waals surface area contributed by atoms with Gasteiger partial charge in [-0.25, -0.2) is 0 Å². The molecule has 2 bridgehead atoms. The number of carbonyl (C=O) groups excluding carboxylic acids is 1. The Morgan fingerprint density at radius 1 is 0.962 bits per heavy atom. The maximum atomic E-state index is 12.4. The average molecular weight is 349 g/mol. The Balaban J connectivity index is 1.32. The summed E-state index contributed by atoms with van der Waals surface area (Å²) in [7, 11) is 0. The van der Waals surface area contributed by atoms with Gasteiger partial charge in [0.25, 0.3) is 0 Å². The number of amides is 1. The van der Waals surface area contributed by atoms with Crippen LogP contribution in [0.25, 0.3) is 0 Å². The second kappa shape index (κ2) is 7.50. The van der Waals surface area contributed by atoms with Gasteiger partial charge in [-0.3, -0.25) is 9.69 Å². The molecule has 136 valence electrons. The van der Waals surface area contributed by atoms with E-state index in [0.29, 0.717) is 24.5 Å². The first kappa shape index (κ1) is 17.1. The van der Waals surface area contributed by atoms with Crippen molar-refractivity contribution >= 4 is 11.6 Å². The summed E-state index contributed by atoms with van der Waals surface area (Å²) in [5.41, 5.74) is 8.84. The van der Waals surface area contributed by atoms with E-state index in [1.165, 1.54) is 18.4 Å². The van der Waals surface area contributed by atoms with Gasteiger partial charge in [-0.05, 0) is 48.9 Å². The van der Waals surface area contributed by atoms with Crippen molar-refractivity contribution in [1.29, 1.82) is 0 Å². The number of anilines is 1. The summed E-state index contributed by atoms with van der Waals surface area (Å²) in [5.74, 6) is 0.121. The standard InChI is InChI=1S/C22H27N3O/c23-18-8-6-16(7-9-18)12-22(26)24-19-13-20-10-11-21(14-19)25(20)15-17-4-2-1-3-5-17/h1-9,19-21H,10-15,23H2,(H,24,26). The topological polar surface area (TPSA) is 58.4 Å². The number of nitrogens with one attached hydrogen (secondary N) is 1. The highest BCUT2D eigenvalue weighted by molar-refractivity contribution is 5.79. The fraction of sp³-hybridized carbons (Fsp3) is 0.409. The molecule has 2 atom stereocenters. The van der Waals surface area contributed by atoms with Crippen molar-refractivity contribution in [2.75, 3.05) is 5.73 Å². The number of hydrogen-bond donors (Lipinski definition) is 2. The Morgan fingerprint density at radius 2 is 1.62 bits per heavy atom. The summed E-state index contributed by atoms with van der Waals surface area (Å²) in [6.07, 6.45) is 5.07. The van der Waals surface area contributed by atoms with Crippen LogP contribution in [0.15, 0.2) is 54.6 Å². The molecular weight excluding hydrogens is 322 g/mol. The number of rotatable bonds is 5. The van der Waals surface area contributed by atoms with Crippen LogP contribution in [0.2, 0.25) is 0 Å². The summed E-state index contributed by atoms with van der Waals surface area (Å²) in [6.45, 7) is 1.03. The molecule has 2 unspecified atom stereocenters. The van der Waals surface area contributed by atoms with Crippen molar-refractivity contribution in [1.82, 2.24) is 10.2 Å². The summed E-state index contributed by atoms with van der Waals surface area (Å²) >= 11 is 0. The smallest absolute Gasteiger partial charge is 0.224 e. The van der Waals surface area contributed by atoms with Crippen LogP contribution in [0.4, 0.5) is 5.69 Å². The van der Waals surface area contributed by atoms with Crippen LogP contribution in [-0.2, 0) is 17.8 Å². The molecule has 0 aliphatic carbocycles. The van der Waals surface area contributed by atoms with Gasteiger partial charge < -0.3 is 11.1 Å². The zero-order valence-corrected chi connectivity index (χ0v) is 15.1. The molecule has 3 N–H and O–H groups in total. The van der Waals surface area contributed by atoms with Crippen molar-refractivity contribution in [3.8, 4) is 0 Å². The average Bonchev–Trinajstić information content (AvgIpc) is 2.87.